The largest absolute Gasteiger partial charge is 0.485 e. The van der Waals surface area contributed by atoms with Gasteiger partial charge in [0.25, 0.3) is 0 Å². The van der Waals surface area contributed by atoms with Gasteiger partial charge in [-0.2, -0.15) is 13.2 Å². The van der Waals surface area contributed by atoms with E-state index in [1.807, 2.05) is 19.2 Å². The molecule has 16 heteroatoms. The molecule has 2 atom stereocenters. The summed E-state index contributed by atoms with van der Waals surface area (Å²) in [5.74, 6) is -1.45. The maximum Gasteiger partial charge on any atom is 0.438 e. The number of carbonyl (C=O) groups excluding carboxylic acids is 3. The van der Waals surface area contributed by atoms with Crippen LogP contribution in [0.25, 0.3) is 5.65 Å². The highest BCUT2D eigenvalue weighted by Crippen LogP contribution is 2.47. The lowest BCUT2D eigenvalue weighted by atomic mass is 10.1. The second-order valence-electron chi connectivity index (χ2n) is 11.4. The number of ether oxygens (including phenoxy) is 1. The summed E-state index contributed by atoms with van der Waals surface area (Å²) in [6.45, 7) is 1.28. The second-order valence-corrected chi connectivity index (χ2v) is 11.4. The van der Waals surface area contributed by atoms with Crippen LogP contribution < -0.4 is 15.0 Å². The highest BCUT2D eigenvalue weighted by molar-refractivity contribution is 6.13. The van der Waals surface area contributed by atoms with Crippen LogP contribution in [0.15, 0.2) is 36.8 Å². The van der Waals surface area contributed by atoms with Crippen molar-refractivity contribution in [2.24, 2.45) is 5.92 Å². The molecular weight excluding hydrogens is 595 g/mol. The Morgan fingerprint density at radius 3 is 2.62 bits per heavy atom. The zero-order chi connectivity index (χ0) is 31.6. The van der Waals surface area contributed by atoms with E-state index >= 15 is 0 Å². The van der Waals surface area contributed by atoms with Gasteiger partial charge in [-0.15, -0.1) is 10.2 Å². The maximum absolute atomic E-state index is 13.8. The molecule has 0 unspecified atom stereocenters. The zero-order valence-electron chi connectivity index (χ0n) is 24.1. The van der Waals surface area contributed by atoms with Crippen LogP contribution in [0.2, 0.25) is 0 Å². The number of hydrogen-bond acceptors (Lipinski definition) is 9. The van der Waals surface area contributed by atoms with E-state index < -0.39 is 35.5 Å². The Labute approximate surface area is 253 Å². The first-order valence-electron chi connectivity index (χ1n) is 14.2. The first kappa shape index (κ1) is 28.6. The monoisotopic (exact) mass is 621 g/mol. The summed E-state index contributed by atoms with van der Waals surface area (Å²) in [7, 11) is 1.40. The molecule has 5 heterocycles. The quantitative estimate of drug-likeness (QED) is 0.290. The predicted octanol–water partition coefficient (Wildman–Crippen LogP) is 3.84. The number of aryl methyl sites for hydroxylation is 1. The van der Waals surface area contributed by atoms with Crippen molar-refractivity contribution < 1.29 is 32.3 Å². The molecule has 2 aliphatic carbocycles. The van der Waals surface area contributed by atoms with E-state index in [4.69, 9.17) is 4.74 Å². The van der Waals surface area contributed by atoms with Crippen LogP contribution in [0, 0.1) is 12.8 Å². The van der Waals surface area contributed by atoms with Gasteiger partial charge in [0.2, 0.25) is 17.5 Å². The Bertz CT molecular complexity index is 1870. The van der Waals surface area contributed by atoms with Gasteiger partial charge in [0.15, 0.2) is 17.2 Å². The molecule has 13 nitrogen and oxygen atoms in total. The number of nitrogens with zero attached hydrogens (tertiary/aromatic N) is 8. The molecule has 7 rings (SSSR count). The number of halogens is 3. The Morgan fingerprint density at radius 2 is 1.93 bits per heavy atom. The number of alkyl halides is 3. The van der Waals surface area contributed by atoms with Gasteiger partial charge < -0.3 is 14.5 Å². The first-order chi connectivity index (χ1) is 21.5. The highest BCUT2D eigenvalue weighted by Gasteiger charge is 2.46. The van der Waals surface area contributed by atoms with Crippen LogP contribution in [0.3, 0.4) is 0 Å². The maximum atomic E-state index is 13.8. The number of fused-ring (bicyclic) bond motifs is 1. The van der Waals surface area contributed by atoms with Gasteiger partial charge in [0.05, 0.1) is 11.4 Å². The summed E-state index contributed by atoms with van der Waals surface area (Å²) in [4.78, 5) is 53.3. The smallest absolute Gasteiger partial charge is 0.438 e. The van der Waals surface area contributed by atoms with Gasteiger partial charge in [-0.05, 0) is 49.8 Å². The number of carbonyl (C=O) groups is 3. The van der Waals surface area contributed by atoms with Crippen molar-refractivity contribution in [1.29, 1.82) is 0 Å². The van der Waals surface area contributed by atoms with Crippen LogP contribution in [-0.2, 0) is 22.4 Å². The summed E-state index contributed by atoms with van der Waals surface area (Å²) in [6.07, 6.45) is 2.65. The summed E-state index contributed by atoms with van der Waals surface area (Å²) in [6, 6.07) is 4.05. The Hall–Kier alpha value is -5.15. The number of pyridine rings is 1. The zero-order valence-corrected chi connectivity index (χ0v) is 24.1. The van der Waals surface area contributed by atoms with Crippen LogP contribution in [0.5, 0.6) is 5.75 Å². The number of imide groups is 1. The number of nitrogens with one attached hydrogen (secondary N) is 1. The van der Waals surface area contributed by atoms with Crippen molar-refractivity contribution >= 4 is 35.0 Å². The second kappa shape index (κ2) is 10.5. The predicted molar refractivity (Wildman–Crippen MR) is 150 cm³/mol. The molecular formula is C29H26F3N9O4. The molecule has 4 aromatic rings. The average molecular weight is 622 g/mol. The van der Waals surface area contributed by atoms with Crippen LogP contribution in [0.1, 0.15) is 59.6 Å². The summed E-state index contributed by atoms with van der Waals surface area (Å²) < 4.78 is 48.7. The third-order valence-corrected chi connectivity index (χ3v) is 8.05. The van der Waals surface area contributed by atoms with Crippen molar-refractivity contribution in [1.82, 2.24) is 34.4 Å². The summed E-state index contributed by atoms with van der Waals surface area (Å²) in [5.41, 5.74) is 1.41. The minimum atomic E-state index is -4.88. The molecule has 232 valence electrons. The fourth-order valence-electron chi connectivity index (χ4n) is 5.38. The van der Waals surface area contributed by atoms with Gasteiger partial charge in [0, 0.05) is 49.2 Å². The Balaban J connectivity index is 1.12. The van der Waals surface area contributed by atoms with Gasteiger partial charge in [-0.1, -0.05) is 0 Å². The number of hydrogen-bond donors (Lipinski definition) is 1. The normalized spacial score (nSPS) is 19.8. The molecule has 1 aliphatic heterocycles. The molecule has 0 aromatic carbocycles. The highest BCUT2D eigenvalue weighted by atomic mass is 19.4. The standard InChI is InChI=1S/C29H26F3N9O4/c1-14-5-6-33-25(34-14)18-8-19(18)27(43)36-22-9-21(24(38-37-22)29(30,31)32)45-13-17-11-40-10-16(15-3-4-15)7-20(26(40)35-17)41-12-23(42)39(2)28(41)44/h5-7,9-11,15,18-19H,3-4,8,12-13H2,1-2H3,(H,36,37,43)/t18-,19-/m0/s1. The van der Waals surface area contributed by atoms with E-state index in [0.717, 1.165) is 35.1 Å². The summed E-state index contributed by atoms with van der Waals surface area (Å²) >= 11 is 0. The van der Waals surface area contributed by atoms with E-state index in [9.17, 15) is 27.6 Å². The number of amides is 4. The van der Waals surface area contributed by atoms with Crippen molar-refractivity contribution in [3.8, 4) is 5.75 Å². The molecule has 4 amide bonds. The molecule has 0 spiro atoms. The van der Waals surface area contributed by atoms with Gasteiger partial charge >= 0.3 is 12.2 Å². The number of likely N-dealkylation sites (N-methyl/N-ethyl adjacent to an activating group) is 1. The molecule has 0 radical (unpaired) electrons. The number of imidazole rings is 1. The third-order valence-electron chi connectivity index (χ3n) is 8.05. The lowest BCUT2D eigenvalue weighted by molar-refractivity contribution is -0.143. The van der Waals surface area contributed by atoms with Gasteiger partial charge in [0.1, 0.15) is 19.0 Å². The first-order valence-corrected chi connectivity index (χ1v) is 14.2. The van der Waals surface area contributed by atoms with Crippen molar-refractivity contribution in [2.75, 3.05) is 23.8 Å². The number of aromatic nitrogens is 6. The van der Waals surface area contributed by atoms with E-state index in [0.29, 0.717) is 29.5 Å². The SMILES string of the molecule is Cc1ccnc([C@H]2C[C@@H]2C(=O)Nc2cc(OCc3cn4cc(C5CC5)cc(N5CC(=O)N(C)C5=O)c4n3)c(C(F)(F)F)nn2)n1. The minimum absolute atomic E-state index is 0.149. The molecule has 1 N–H and O–H groups in total. The topological polar surface area (TPSA) is 148 Å². The summed E-state index contributed by atoms with van der Waals surface area (Å²) in [5, 5.41) is 9.40. The fourth-order valence-corrected chi connectivity index (χ4v) is 5.38. The van der Waals surface area contributed by atoms with Crippen LogP contribution >= 0.6 is 0 Å². The van der Waals surface area contributed by atoms with Gasteiger partial charge in [-0.25, -0.2) is 19.7 Å². The van der Waals surface area contributed by atoms with E-state index in [-0.39, 0.29) is 36.5 Å². The van der Waals surface area contributed by atoms with Crippen LogP contribution in [0.4, 0.5) is 29.5 Å². The van der Waals surface area contributed by atoms with E-state index in [1.54, 1.807) is 22.9 Å². The van der Waals surface area contributed by atoms with Crippen molar-refractivity contribution in [2.45, 2.75) is 50.8 Å². The van der Waals surface area contributed by atoms with Crippen molar-refractivity contribution in [3.05, 3.63) is 65.3 Å². The molecule has 3 aliphatic rings. The number of anilines is 2. The van der Waals surface area contributed by atoms with Crippen molar-refractivity contribution in [3.63, 3.8) is 0 Å². The Morgan fingerprint density at radius 1 is 1.13 bits per heavy atom. The average Bonchev–Trinajstić information content (AvgIpc) is 3.92. The molecule has 0 bridgehead atoms. The van der Waals surface area contributed by atoms with Crippen LogP contribution in [-0.4, -0.2) is 65.9 Å². The van der Waals surface area contributed by atoms with E-state index in [2.05, 4.69) is 30.5 Å². The number of urea groups is 1. The number of rotatable bonds is 8. The fraction of sp³-hybridized carbons (Fsp3) is 0.379. The van der Waals surface area contributed by atoms with Gasteiger partial charge in [-0.3, -0.25) is 19.4 Å². The molecule has 4 aromatic heterocycles. The molecule has 2 saturated carbocycles. The third kappa shape index (κ3) is 5.51. The molecule has 45 heavy (non-hydrogen) atoms. The Kier molecular flexibility index (Phi) is 6.67. The molecule has 1 saturated heterocycles. The molecule has 3 fully saturated rings. The lowest BCUT2D eigenvalue weighted by Gasteiger charge is -2.17. The minimum Gasteiger partial charge on any atom is -0.485 e. The lowest BCUT2D eigenvalue weighted by Crippen LogP contribution is -2.30. The van der Waals surface area contributed by atoms with E-state index in [1.165, 1.54) is 11.9 Å².